The average molecular weight is 285 g/mol. The number of hydrogen-bond acceptors (Lipinski definition) is 4. The van der Waals surface area contributed by atoms with E-state index in [-0.39, 0.29) is 4.83 Å². The van der Waals surface area contributed by atoms with Gasteiger partial charge in [-0.3, -0.25) is 0 Å². The van der Waals surface area contributed by atoms with Crippen LogP contribution < -0.4 is 0 Å². The van der Waals surface area contributed by atoms with E-state index in [4.69, 9.17) is 0 Å². The summed E-state index contributed by atoms with van der Waals surface area (Å²) in [5.74, 6) is 0.860. The minimum Gasteiger partial charge on any atom is -0.319 e. The summed E-state index contributed by atoms with van der Waals surface area (Å²) in [5.41, 5.74) is 0.949. The largest absolute Gasteiger partial charge is 0.319 e. The summed E-state index contributed by atoms with van der Waals surface area (Å²) in [6.07, 6.45) is 4.59. The first-order valence-electron chi connectivity index (χ1n) is 5.07. The molecule has 0 saturated carbocycles. The number of halogens is 1. The highest BCUT2D eigenvalue weighted by molar-refractivity contribution is 9.09. The lowest BCUT2D eigenvalue weighted by atomic mass is 10.3. The lowest BCUT2D eigenvalue weighted by Gasteiger charge is -2.00. The summed E-state index contributed by atoms with van der Waals surface area (Å²) in [6.45, 7) is 2.69. The molecule has 2 heterocycles. The molecule has 0 aromatic carbocycles. The highest BCUT2D eigenvalue weighted by Crippen LogP contribution is 2.23. The second-order valence-electron chi connectivity index (χ2n) is 3.57. The van der Waals surface area contributed by atoms with E-state index < -0.39 is 0 Å². The fourth-order valence-corrected chi connectivity index (χ4v) is 1.55. The standard InChI is InChI=1S/C9H13BrN6/c1-3-7(10)8-4-16(14-12-8)5-9-13-11-6-15(9)2/h4,6-7H,3,5H2,1-2H3. The fourth-order valence-electron chi connectivity index (χ4n) is 1.34. The van der Waals surface area contributed by atoms with Crippen molar-refractivity contribution < 1.29 is 0 Å². The first kappa shape index (κ1) is 11.3. The van der Waals surface area contributed by atoms with Crippen molar-refractivity contribution in [3.05, 3.63) is 24.0 Å². The number of hydrogen-bond donors (Lipinski definition) is 0. The van der Waals surface area contributed by atoms with Gasteiger partial charge in [0.2, 0.25) is 0 Å². The normalized spacial score (nSPS) is 12.9. The van der Waals surface area contributed by atoms with Crippen molar-refractivity contribution in [1.82, 2.24) is 29.8 Å². The molecule has 1 atom stereocenters. The highest BCUT2D eigenvalue weighted by Gasteiger charge is 2.10. The topological polar surface area (TPSA) is 61.4 Å². The van der Waals surface area contributed by atoms with Crippen LogP contribution in [0.3, 0.4) is 0 Å². The molecule has 6 nitrogen and oxygen atoms in total. The monoisotopic (exact) mass is 284 g/mol. The molecule has 2 aromatic heterocycles. The van der Waals surface area contributed by atoms with Crippen molar-refractivity contribution in [3.63, 3.8) is 0 Å². The molecule has 1 unspecified atom stereocenters. The maximum absolute atomic E-state index is 4.11. The number of rotatable bonds is 4. The molecule has 0 aliphatic carbocycles. The summed E-state index contributed by atoms with van der Waals surface area (Å²) in [6, 6.07) is 0. The zero-order valence-electron chi connectivity index (χ0n) is 9.21. The molecule has 0 radical (unpaired) electrons. The summed E-state index contributed by atoms with van der Waals surface area (Å²) < 4.78 is 3.63. The highest BCUT2D eigenvalue weighted by atomic mass is 79.9. The van der Waals surface area contributed by atoms with Crippen LogP contribution in [0, 0.1) is 0 Å². The first-order valence-corrected chi connectivity index (χ1v) is 5.99. The van der Waals surface area contributed by atoms with Crippen molar-refractivity contribution in [2.45, 2.75) is 24.7 Å². The molecule has 86 valence electrons. The number of nitrogens with zero attached hydrogens (tertiary/aromatic N) is 6. The van der Waals surface area contributed by atoms with Gasteiger partial charge in [-0.25, -0.2) is 4.68 Å². The molecule has 7 heteroatoms. The van der Waals surface area contributed by atoms with Gasteiger partial charge in [0, 0.05) is 7.05 Å². The molecule has 0 amide bonds. The summed E-state index contributed by atoms with van der Waals surface area (Å²) in [5, 5.41) is 16.0. The third-order valence-corrected chi connectivity index (χ3v) is 3.46. The van der Waals surface area contributed by atoms with E-state index in [1.807, 2.05) is 17.8 Å². The van der Waals surface area contributed by atoms with Gasteiger partial charge in [0.15, 0.2) is 5.82 Å². The Bertz CT molecular complexity index is 462. The number of aryl methyl sites for hydroxylation is 1. The predicted octanol–water partition coefficient (Wildman–Crippen LogP) is 1.30. The van der Waals surface area contributed by atoms with E-state index >= 15 is 0 Å². The average Bonchev–Trinajstić information content (AvgIpc) is 2.89. The van der Waals surface area contributed by atoms with E-state index in [9.17, 15) is 0 Å². The van der Waals surface area contributed by atoms with Gasteiger partial charge in [-0.15, -0.1) is 15.3 Å². The first-order chi connectivity index (χ1) is 7.70. The zero-order chi connectivity index (χ0) is 11.5. The van der Waals surface area contributed by atoms with Crippen molar-refractivity contribution in [1.29, 1.82) is 0 Å². The molecule has 0 N–H and O–H groups in total. The van der Waals surface area contributed by atoms with Crippen LogP contribution in [0.15, 0.2) is 12.5 Å². The molecule has 0 saturated heterocycles. The lowest BCUT2D eigenvalue weighted by Crippen LogP contribution is -2.06. The van der Waals surface area contributed by atoms with Gasteiger partial charge in [-0.05, 0) is 6.42 Å². The molecule has 2 rings (SSSR count). The van der Waals surface area contributed by atoms with E-state index in [1.54, 1.807) is 11.0 Å². The number of alkyl halides is 1. The minimum absolute atomic E-state index is 0.265. The van der Waals surface area contributed by atoms with E-state index in [0.717, 1.165) is 17.9 Å². The molecule has 0 spiro atoms. The van der Waals surface area contributed by atoms with Gasteiger partial charge in [0.05, 0.1) is 16.7 Å². The molecule has 2 aromatic rings. The van der Waals surface area contributed by atoms with Crippen LogP contribution in [0.4, 0.5) is 0 Å². The summed E-state index contributed by atoms with van der Waals surface area (Å²) >= 11 is 3.54. The van der Waals surface area contributed by atoms with Gasteiger partial charge >= 0.3 is 0 Å². The Balaban J connectivity index is 2.11. The lowest BCUT2D eigenvalue weighted by molar-refractivity contribution is 0.605. The van der Waals surface area contributed by atoms with Gasteiger partial charge < -0.3 is 4.57 Å². The Hall–Kier alpha value is -1.24. The van der Waals surface area contributed by atoms with Crippen LogP contribution in [0.2, 0.25) is 0 Å². The van der Waals surface area contributed by atoms with Gasteiger partial charge in [-0.2, -0.15) is 0 Å². The Morgan fingerprint density at radius 3 is 2.88 bits per heavy atom. The maximum atomic E-state index is 4.11. The minimum atomic E-state index is 0.265. The molecule has 0 bridgehead atoms. The summed E-state index contributed by atoms with van der Waals surface area (Å²) in [7, 11) is 1.91. The van der Waals surface area contributed by atoms with E-state index in [0.29, 0.717) is 6.54 Å². The van der Waals surface area contributed by atoms with E-state index in [2.05, 4.69) is 43.4 Å². The molecular formula is C9H13BrN6. The van der Waals surface area contributed by atoms with Crippen molar-refractivity contribution in [2.24, 2.45) is 7.05 Å². The molecule has 0 aliphatic heterocycles. The maximum Gasteiger partial charge on any atom is 0.154 e. The van der Waals surface area contributed by atoms with Crippen LogP contribution in [0.25, 0.3) is 0 Å². The second kappa shape index (κ2) is 4.73. The third kappa shape index (κ3) is 2.29. The number of aromatic nitrogens is 6. The predicted molar refractivity (Wildman–Crippen MR) is 62.1 cm³/mol. The van der Waals surface area contributed by atoms with Crippen LogP contribution in [-0.2, 0) is 13.6 Å². The third-order valence-electron chi connectivity index (χ3n) is 2.34. The Kier molecular flexibility index (Phi) is 3.33. The molecular weight excluding hydrogens is 272 g/mol. The van der Waals surface area contributed by atoms with Crippen LogP contribution in [0.1, 0.15) is 29.7 Å². The second-order valence-corrected chi connectivity index (χ2v) is 4.68. The van der Waals surface area contributed by atoms with Crippen molar-refractivity contribution >= 4 is 15.9 Å². The molecule has 0 fully saturated rings. The van der Waals surface area contributed by atoms with Gasteiger partial charge in [0.1, 0.15) is 12.9 Å². The quantitative estimate of drug-likeness (QED) is 0.794. The van der Waals surface area contributed by atoms with Gasteiger partial charge in [-0.1, -0.05) is 28.1 Å². The van der Waals surface area contributed by atoms with Crippen molar-refractivity contribution in [3.8, 4) is 0 Å². The Morgan fingerprint density at radius 1 is 1.44 bits per heavy atom. The van der Waals surface area contributed by atoms with E-state index in [1.165, 1.54) is 0 Å². The zero-order valence-corrected chi connectivity index (χ0v) is 10.8. The van der Waals surface area contributed by atoms with Crippen molar-refractivity contribution in [2.75, 3.05) is 0 Å². The van der Waals surface area contributed by atoms with Crippen LogP contribution >= 0.6 is 15.9 Å². The molecule has 0 aliphatic rings. The summed E-state index contributed by atoms with van der Waals surface area (Å²) in [4.78, 5) is 0.265. The Labute approximate surface area is 102 Å². The smallest absolute Gasteiger partial charge is 0.154 e. The van der Waals surface area contributed by atoms with Gasteiger partial charge in [0.25, 0.3) is 0 Å². The van der Waals surface area contributed by atoms with Crippen LogP contribution in [0.5, 0.6) is 0 Å². The molecule has 16 heavy (non-hydrogen) atoms. The fraction of sp³-hybridized carbons (Fsp3) is 0.556. The SMILES string of the molecule is CCC(Br)c1cn(Cc2nncn2C)nn1. The van der Waals surface area contributed by atoms with Crippen LogP contribution in [-0.4, -0.2) is 29.8 Å². The Morgan fingerprint density at radius 2 is 2.25 bits per heavy atom.